The largest absolute Gasteiger partial charge is 0.389 e. The molecule has 0 radical (unpaired) electrons. The maximum Gasteiger partial charge on any atom is 0.108 e. The SMILES string of the molecule is OC1CN(CCc2ccc(Cl)c(Cl)c2)CC(O)C1O. The summed E-state index contributed by atoms with van der Waals surface area (Å²) in [7, 11) is 0. The first-order chi connectivity index (χ1) is 8.97. The van der Waals surface area contributed by atoms with Gasteiger partial charge in [-0.3, -0.25) is 4.90 Å². The van der Waals surface area contributed by atoms with E-state index >= 15 is 0 Å². The van der Waals surface area contributed by atoms with Crippen molar-refractivity contribution in [2.24, 2.45) is 0 Å². The molecule has 0 saturated carbocycles. The molecule has 6 heteroatoms. The number of β-amino-alcohol motifs (C(OH)–C–C–N with tert-alkyl or cyclic N) is 2. The van der Waals surface area contributed by atoms with Crippen LogP contribution in [-0.4, -0.2) is 58.2 Å². The van der Waals surface area contributed by atoms with E-state index in [0.717, 1.165) is 12.0 Å². The van der Waals surface area contributed by atoms with Crippen LogP contribution < -0.4 is 0 Å². The lowest BCUT2D eigenvalue weighted by Gasteiger charge is -2.36. The Morgan fingerprint density at radius 3 is 2.26 bits per heavy atom. The van der Waals surface area contributed by atoms with E-state index in [-0.39, 0.29) is 0 Å². The Hall–Kier alpha value is -0.360. The van der Waals surface area contributed by atoms with Gasteiger partial charge in [0.15, 0.2) is 0 Å². The summed E-state index contributed by atoms with van der Waals surface area (Å²) < 4.78 is 0. The van der Waals surface area contributed by atoms with Crippen molar-refractivity contribution < 1.29 is 15.3 Å². The van der Waals surface area contributed by atoms with Crippen LogP contribution in [0, 0.1) is 0 Å². The van der Waals surface area contributed by atoms with Crippen molar-refractivity contribution in [1.29, 1.82) is 0 Å². The fourth-order valence-corrected chi connectivity index (χ4v) is 2.56. The van der Waals surface area contributed by atoms with E-state index in [1.54, 1.807) is 6.07 Å². The summed E-state index contributed by atoms with van der Waals surface area (Å²) >= 11 is 11.8. The van der Waals surface area contributed by atoms with Gasteiger partial charge in [-0.05, 0) is 24.1 Å². The van der Waals surface area contributed by atoms with E-state index in [4.69, 9.17) is 23.2 Å². The van der Waals surface area contributed by atoms with E-state index in [9.17, 15) is 15.3 Å². The molecule has 106 valence electrons. The summed E-state index contributed by atoms with van der Waals surface area (Å²) in [5.41, 5.74) is 1.05. The van der Waals surface area contributed by atoms with Crippen LogP contribution >= 0.6 is 23.2 Å². The first kappa shape index (κ1) is 15.0. The van der Waals surface area contributed by atoms with Crippen molar-refractivity contribution in [2.75, 3.05) is 19.6 Å². The summed E-state index contributed by atoms with van der Waals surface area (Å²) in [6, 6.07) is 5.47. The Morgan fingerprint density at radius 2 is 1.68 bits per heavy atom. The molecule has 1 heterocycles. The van der Waals surface area contributed by atoms with Crippen molar-refractivity contribution in [3.63, 3.8) is 0 Å². The Morgan fingerprint density at radius 1 is 1.05 bits per heavy atom. The molecule has 1 aliphatic rings. The van der Waals surface area contributed by atoms with Crippen LogP contribution in [0.3, 0.4) is 0 Å². The summed E-state index contributed by atoms with van der Waals surface area (Å²) in [6.07, 6.45) is -2.12. The molecule has 0 aliphatic carbocycles. The summed E-state index contributed by atoms with van der Waals surface area (Å²) in [5, 5.41) is 29.7. The minimum Gasteiger partial charge on any atom is -0.389 e. The maximum atomic E-state index is 9.61. The molecule has 0 amide bonds. The van der Waals surface area contributed by atoms with E-state index in [2.05, 4.69) is 0 Å². The molecule has 0 bridgehead atoms. The molecule has 1 saturated heterocycles. The first-order valence-corrected chi connectivity index (χ1v) is 6.93. The van der Waals surface area contributed by atoms with E-state index in [1.807, 2.05) is 17.0 Å². The molecule has 2 atom stereocenters. The Bertz CT molecular complexity index is 432. The second-order valence-corrected chi connectivity index (χ2v) is 5.70. The maximum absolute atomic E-state index is 9.61. The molecule has 1 aromatic rings. The average molecular weight is 306 g/mol. The molecule has 19 heavy (non-hydrogen) atoms. The molecular weight excluding hydrogens is 289 g/mol. The quantitative estimate of drug-likeness (QED) is 0.777. The number of likely N-dealkylation sites (tertiary alicyclic amines) is 1. The molecule has 2 unspecified atom stereocenters. The van der Waals surface area contributed by atoms with E-state index in [0.29, 0.717) is 29.7 Å². The van der Waals surface area contributed by atoms with Gasteiger partial charge in [-0.1, -0.05) is 29.3 Å². The van der Waals surface area contributed by atoms with Gasteiger partial charge in [0.05, 0.1) is 22.3 Å². The van der Waals surface area contributed by atoms with Crippen LogP contribution in [0.25, 0.3) is 0 Å². The van der Waals surface area contributed by atoms with Gasteiger partial charge in [-0.25, -0.2) is 0 Å². The summed E-state index contributed by atoms with van der Waals surface area (Å²) in [6.45, 7) is 1.40. The fourth-order valence-electron chi connectivity index (χ4n) is 2.24. The minimum atomic E-state index is -1.05. The van der Waals surface area contributed by atoms with Crippen molar-refractivity contribution >= 4 is 23.2 Å². The highest BCUT2D eigenvalue weighted by Crippen LogP contribution is 2.23. The van der Waals surface area contributed by atoms with Crippen molar-refractivity contribution in [1.82, 2.24) is 4.90 Å². The monoisotopic (exact) mass is 305 g/mol. The Kier molecular flexibility index (Phi) is 5.06. The molecule has 3 N–H and O–H groups in total. The minimum absolute atomic E-state index is 0.361. The van der Waals surface area contributed by atoms with Crippen molar-refractivity contribution in [3.05, 3.63) is 33.8 Å². The Labute approximate surface area is 122 Å². The van der Waals surface area contributed by atoms with Gasteiger partial charge in [0.25, 0.3) is 0 Å². The van der Waals surface area contributed by atoms with Crippen LogP contribution in [0.5, 0.6) is 0 Å². The van der Waals surface area contributed by atoms with Crippen LogP contribution in [0.2, 0.25) is 10.0 Å². The first-order valence-electron chi connectivity index (χ1n) is 6.18. The van der Waals surface area contributed by atoms with E-state index < -0.39 is 18.3 Å². The number of piperidine rings is 1. The lowest BCUT2D eigenvalue weighted by atomic mass is 10.0. The van der Waals surface area contributed by atoms with Crippen LogP contribution in [0.15, 0.2) is 18.2 Å². The van der Waals surface area contributed by atoms with Gasteiger partial charge in [-0.2, -0.15) is 0 Å². The Balaban J connectivity index is 1.90. The summed E-state index contributed by atoms with van der Waals surface area (Å²) in [5.74, 6) is 0. The van der Waals surface area contributed by atoms with Gasteiger partial charge in [-0.15, -0.1) is 0 Å². The topological polar surface area (TPSA) is 63.9 Å². The highest BCUT2D eigenvalue weighted by Gasteiger charge is 2.32. The lowest BCUT2D eigenvalue weighted by Crippen LogP contribution is -2.55. The molecule has 1 aliphatic heterocycles. The number of rotatable bonds is 3. The van der Waals surface area contributed by atoms with Gasteiger partial charge in [0.2, 0.25) is 0 Å². The third-order valence-electron chi connectivity index (χ3n) is 3.38. The molecular formula is C13H17Cl2NO3. The molecule has 1 fully saturated rings. The highest BCUT2D eigenvalue weighted by atomic mass is 35.5. The van der Waals surface area contributed by atoms with Crippen molar-refractivity contribution in [2.45, 2.75) is 24.7 Å². The zero-order valence-corrected chi connectivity index (χ0v) is 11.8. The number of benzene rings is 1. The third kappa shape index (κ3) is 3.81. The van der Waals surface area contributed by atoms with Gasteiger partial charge < -0.3 is 15.3 Å². The third-order valence-corrected chi connectivity index (χ3v) is 4.12. The van der Waals surface area contributed by atoms with Crippen LogP contribution in [0.1, 0.15) is 5.56 Å². The van der Waals surface area contributed by atoms with Crippen LogP contribution in [-0.2, 0) is 6.42 Å². The zero-order valence-electron chi connectivity index (χ0n) is 10.3. The number of halogens is 2. The second-order valence-electron chi connectivity index (χ2n) is 4.88. The standard InChI is InChI=1S/C13H17Cl2NO3/c14-9-2-1-8(5-10(9)15)3-4-16-6-11(17)13(19)12(18)7-16/h1-2,5,11-13,17-19H,3-4,6-7H2. The number of hydrogen-bond donors (Lipinski definition) is 3. The second kappa shape index (κ2) is 6.39. The predicted molar refractivity (Wildman–Crippen MR) is 74.6 cm³/mol. The summed E-state index contributed by atoms with van der Waals surface area (Å²) in [4.78, 5) is 1.92. The van der Waals surface area contributed by atoms with Crippen molar-refractivity contribution in [3.8, 4) is 0 Å². The molecule has 0 spiro atoms. The van der Waals surface area contributed by atoms with Gasteiger partial charge in [0, 0.05) is 19.6 Å². The molecule has 4 nitrogen and oxygen atoms in total. The smallest absolute Gasteiger partial charge is 0.108 e. The fraction of sp³-hybridized carbons (Fsp3) is 0.538. The number of aliphatic hydroxyl groups is 3. The van der Waals surface area contributed by atoms with Gasteiger partial charge >= 0.3 is 0 Å². The number of nitrogens with zero attached hydrogens (tertiary/aromatic N) is 1. The molecule has 1 aromatic carbocycles. The predicted octanol–water partition coefficient (Wildman–Crippen LogP) is 0.934. The molecule has 0 aromatic heterocycles. The lowest BCUT2D eigenvalue weighted by molar-refractivity contribution is -0.109. The van der Waals surface area contributed by atoms with Crippen LogP contribution in [0.4, 0.5) is 0 Å². The highest BCUT2D eigenvalue weighted by molar-refractivity contribution is 6.42. The number of hydrogen-bond acceptors (Lipinski definition) is 4. The van der Waals surface area contributed by atoms with Gasteiger partial charge in [0.1, 0.15) is 6.10 Å². The zero-order chi connectivity index (χ0) is 14.0. The molecule has 2 rings (SSSR count). The normalized spacial score (nSPS) is 28.6. The number of aliphatic hydroxyl groups excluding tert-OH is 3. The average Bonchev–Trinajstić information content (AvgIpc) is 2.37. The van der Waals surface area contributed by atoms with E-state index in [1.165, 1.54) is 0 Å².